The summed E-state index contributed by atoms with van der Waals surface area (Å²) in [5, 5.41) is 2.91. The van der Waals surface area contributed by atoms with Gasteiger partial charge < -0.3 is 16.0 Å². The molecule has 154 valence electrons. The van der Waals surface area contributed by atoms with E-state index in [0.717, 1.165) is 25.1 Å². The molecule has 1 unspecified atom stereocenters. The largest absolute Gasteiger partial charge is 0.417 e. The van der Waals surface area contributed by atoms with Crippen LogP contribution in [0.1, 0.15) is 37.7 Å². The Hall–Kier alpha value is -0.960. The van der Waals surface area contributed by atoms with Crippen molar-refractivity contribution in [3.8, 4) is 0 Å². The number of nitrogens with one attached hydrogen (secondary N) is 1. The highest BCUT2D eigenvalue weighted by atomic mass is 35.5. The minimum atomic E-state index is -4.48. The van der Waals surface area contributed by atoms with E-state index in [4.69, 9.17) is 17.3 Å². The van der Waals surface area contributed by atoms with Crippen molar-refractivity contribution in [1.29, 1.82) is 0 Å². The number of nitrogens with zero attached hydrogens (tertiary/aromatic N) is 2. The molecule has 1 atom stereocenters. The first kappa shape index (κ1) is 24.1. The van der Waals surface area contributed by atoms with Crippen LogP contribution in [0.4, 0.5) is 19.0 Å². The molecule has 1 saturated carbocycles. The van der Waals surface area contributed by atoms with Gasteiger partial charge in [-0.1, -0.05) is 24.4 Å². The lowest BCUT2D eigenvalue weighted by molar-refractivity contribution is -0.137. The number of rotatable bonds is 3. The predicted molar refractivity (Wildman–Crippen MR) is 103 cm³/mol. The average molecular weight is 450 g/mol. The maximum Gasteiger partial charge on any atom is 0.417 e. The van der Waals surface area contributed by atoms with Crippen LogP contribution in [0.2, 0.25) is 5.02 Å². The van der Waals surface area contributed by atoms with Crippen LogP contribution in [0.15, 0.2) is 12.3 Å². The fourth-order valence-electron chi connectivity index (χ4n) is 3.45. The molecule has 11 heteroatoms. The van der Waals surface area contributed by atoms with Crippen molar-refractivity contribution in [2.24, 2.45) is 5.73 Å². The van der Waals surface area contributed by atoms with Crippen molar-refractivity contribution < 1.29 is 18.0 Å². The fraction of sp³-hybridized carbons (Fsp3) is 0.625. The zero-order valence-corrected chi connectivity index (χ0v) is 16.8. The number of alkyl halides is 3. The van der Waals surface area contributed by atoms with Crippen molar-refractivity contribution >= 4 is 48.1 Å². The normalized spacial score (nSPS) is 21.4. The molecule has 0 aromatic carbocycles. The second kappa shape index (κ2) is 9.03. The van der Waals surface area contributed by atoms with Gasteiger partial charge in [-0.3, -0.25) is 4.79 Å². The van der Waals surface area contributed by atoms with Gasteiger partial charge in [0.2, 0.25) is 5.91 Å². The zero-order valence-electron chi connectivity index (χ0n) is 14.4. The lowest BCUT2D eigenvalue weighted by Gasteiger charge is -2.25. The quantitative estimate of drug-likeness (QED) is 0.740. The van der Waals surface area contributed by atoms with Crippen LogP contribution >= 0.6 is 36.4 Å². The third-order valence-corrected chi connectivity index (χ3v) is 5.20. The van der Waals surface area contributed by atoms with Crippen LogP contribution in [-0.4, -0.2) is 35.6 Å². The van der Waals surface area contributed by atoms with Crippen molar-refractivity contribution in [2.75, 3.05) is 18.0 Å². The van der Waals surface area contributed by atoms with E-state index in [1.807, 2.05) is 0 Å². The molecule has 1 aromatic heterocycles. The smallest absolute Gasteiger partial charge is 0.353 e. The third-order valence-electron chi connectivity index (χ3n) is 4.92. The van der Waals surface area contributed by atoms with Crippen molar-refractivity contribution in [3.05, 3.63) is 22.8 Å². The molecule has 2 aliphatic rings. The van der Waals surface area contributed by atoms with E-state index >= 15 is 0 Å². The Balaban J connectivity index is 0.00000182. The van der Waals surface area contributed by atoms with E-state index in [-0.39, 0.29) is 41.8 Å². The van der Waals surface area contributed by atoms with Crippen molar-refractivity contribution in [2.45, 2.75) is 49.9 Å². The van der Waals surface area contributed by atoms with Gasteiger partial charge >= 0.3 is 6.18 Å². The minimum Gasteiger partial charge on any atom is -0.353 e. The molecule has 1 aliphatic carbocycles. The Kier molecular flexibility index (Phi) is 8.05. The predicted octanol–water partition coefficient (Wildman–Crippen LogP) is 3.56. The number of carbonyl (C=O) groups is 1. The summed E-state index contributed by atoms with van der Waals surface area (Å²) >= 11 is 5.98. The van der Waals surface area contributed by atoms with E-state index < -0.39 is 17.3 Å². The van der Waals surface area contributed by atoms with Gasteiger partial charge in [-0.15, -0.1) is 24.8 Å². The maximum atomic E-state index is 12.7. The summed E-state index contributed by atoms with van der Waals surface area (Å²) in [5.41, 5.74) is 4.47. The topological polar surface area (TPSA) is 71.2 Å². The number of nitrogens with two attached hydrogens (primary N) is 1. The molecule has 5 nitrogen and oxygen atoms in total. The van der Waals surface area contributed by atoms with E-state index in [1.165, 1.54) is 0 Å². The minimum absolute atomic E-state index is 0. The molecule has 1 amide bonds. The number of aromatic nitrogens is 1. The molecule has 1 aromatic rings. The van der Waals surface area contributed by atoms with Gasteiger partial charge in [0.1, 0.15) is 5.82 Å². The van der Waals surface area contributed by atoms with Gasteiger partial charge in [0.25, 0.3) is 0 Å². The number of hydrogen-bond donors (Lipinski definition) is 2. The summed E-state index contributed by atoms with van der Waals surface area (Å²) < 4.78 is 38.1. The second-order valence-corrected chi connectivity index (χ2v) is 7.20. The molecule has 0 spiro atoms. The van der Waals surface area contributed by atoms with Crippen LogP contribution in [0.3, 0.4) is 0 Å². The van der Waals surface area contributed by atoms with Gasteiger partial charge in [-0.05, 0) is 25.3 Å². The van der Waals surface area contributed by atoms with E-state index in [9.17, 15) is 18.0 Å². The Morgan fingerprint density at radius 1 is 1.33 bits per heavy atom. The molecule has 1 aliphatic heterocycles. The number of carbonyl (C=O) groups excluding carboxylic acids is 1. The molecule has 0 radical (unpaired) electrons. The van der Waals surface area contributed by atoms with Crippen LogP contribution < -0.4 is 16.0 Å². The fourth-order valence-corrected chi connectivity index (χ4v) is 3.74. The summed E-state index contributed by atoms with van der Waals surface area (Å²) in [6, 6.07) is 0.761. The Morgan fingerprint density at radius 3 is 2.52 bits per heavy atom. The molecule has 3 N–H and O–H groups in total. The van der Waals surface area contributed by atoms with Crippen LogP contribution in [-0.2, 0) is 11.0 Å². The number of halogens is 6. The maximum absolute atomic E-state index is 12.7. The van der Waals surface area contributed by atoms with Gasteiger partial charge in [-0.25, -0.2) is 4.98 Å². The first-order chi connectivity index (χ1) is 11.7. The van der Waals surface area contributed by atoms with Crippen LogP contribution in [0.5, 0.6) is 0 Å². The highest BCUT2D eigenvalue weighted by molar-refractivity contribution is 6.33. The Morgan fingerprint density at radius 2 is 1.96 bits per heavy atom. The summed E-state index contributed by atoms with van der Waals surface area (Å²) in [6.07, 6.45) is 0.232. The summed E-state index contributed by atoms with van der Waals surface area (Å²) in [6.45, 7) is 1.00. The molecular formula is C16H22Cl3F3N4O. The highest BCUT2D eigenvalue weighted by Gasteiger charge is 2.39. The SMILES string of the molecule is Cl.Cl.NC1(C(=O)NC2CCN(c3ncc(C(F)(F)F)cc3Cl)C2)CCCC1. The van der Waals surface area contributed by atoms with Gasteiger partial charge in [0.05, 0.1) is 16.1 Å². The van der Waals surface area contributed by atoms with E-state index in [1.54, 1.807) is 4.90 Å². The lowest BCUT2D eigenvalue weighted by Crippen LogP contribution is -2.54. The third kappa shape index (κ3) is 5.31. The number of pyridine rings is 1. The monoisotopic (exact) mass is 448 g/mol. The number of amides is 1. The molecule has 2 heterocycles. The van der Waals surface area contributed by atoms with E-state index in [2.05, 4.69) is 10.3 Å². The lowest BCUT2D eigenvalue weighted by atomic mass is 9.97. The van der Waals surface area contributed by atoms with Gasteiger partial charge in [-0.2, -0.15) is 13.2 Å². The van der Waals surface area contributed by atoms with Gasteiger partial charge in [0, 0.05) is 25.3 Å². The highest BCUT2D eigenvalue weighted by Crippen LogP contribution is 2.34. The first-order valence-electron chi connectivity index (χ1n) is 8.26. The van der Waals surface area contributed by atoms with E-state index in [0.29, 0.717) is 38.2 Å². The molecule has 27 heavy (non-hydrogen) atoms. The summed E-state index contributed by atoms with van der Waals surface area (Å²) in [4.78, 5) is 18.0. The van der Waals surface area contributed by atoms with Crippen molar-refractivity contribution in [1.82, 2.24) is 10.3 Å². The first-order valence-corrected chi connectivity index (χ1v) is 8.64. The zero-order chi connectivity index (χ0) is 18.2. The molecule has 3 rings (SSSR count). The number of hydrogen-bond acceptors (Lipinski definition) is 4. The van der Waals surface area contributed by atoms with Crippen molar-refractivity contribution in [3.63, 3.8) is 0 Å². The van der Waals surface area contributed by atoms with Crippen LogP contribution in [0.25, 0.3) is 0 Å². The average Bonchev–Trinajstić information content (AvgIpc) is 3.16. The molecular weight excluding hydrogens is 428 g/mol. The summed E-state index contributed by atoms with van der Waals surface area (Å²) in [5.74, 6) is 0.151. The second-order valence-electron chi connectivity index (χ2n) is 6.80. The Bertz CT molecular complexity index is 669. The standard InChI is InChI=1S/C16H20ClF3N4O.2ClH/c17-12-7-10(16(18,19)20)8-22-13(12)24-6-3-11(9-24)23-14(25)15(21)4-1-2-5-15;;/h7-8,11H,1-6,9,21H2,(H,23,25);2*1H. The summed E-state index contributed by atoms with van der Waals surface area (Å²) in [7, 11) is 0. The number of anilines is 1. The molecule has 2 fully saturated rings. The Labute approximate surface area is 173 Å². The molecule has 1 saturated heterocycles. The van der Waals surface area contributed by atoms with Gasteiger partial charge in [0.15, 0.2) is 0 Å². The molecule has 0 bridgehead atoms. The van der Waals surface area contributed by atoms with Crippen LogP contribution in [0, 0.1) is 0 Å².